The number of nitrogens with zero attached hydrogens (tertiary/aromatic N) is 4. The van der Waals surface area contributed by atoms with Crippen LogP contribution < -0.4 is 5.46 Å². The van der Waals surface area contributed by atoms with Gasteiger partial charge >= 0.3 is 7.12 Å². The van der Waals surface area contributed by atoms with Gasteiger partial charge in [0, 0.05) is 26.3 Å². The Hall–Kier alpha value is -1.29. The van der Waals surface area contributed by atoms with E-state index in [9.17, 15) is 0 Å². The second-order valence-electron chi connectivity index (χ2n) is 9.14. The summed E-state index contributed by atoms with van der Waals surface area (Å²) < 4.78 is 19.8. The third-order valence-electron chi connectivity index (χ3n) is 5.13. The topological polar surface area (TPSA) is 71.3 Å². The second-order valence-corrected chi connectivity index (χ2v) is 14.8. The molecule has 0 N–H and O–H groups in total. The lowest BCUT2D eigenvalue weighted by molar-refractivity contribution is 0.00578. The molecule has 9 heteroatoms. The van der Waals surface area contributed by atoms with E-state index in [0.717, 1.165) is 23.6 Å². The first-order chi connectivity index (χ1) is 12.0. The van der Waals surface area contributed by atoms with E-state index in [1.807, 2.05) is 33.8 Å². The van der Waals surface area contributed by atoms with Crippen molar-refractivity contribution in [1.82, 2.24) is 20.0 Å². The van der Waals surface area contributed by atoms with E-state index in [1.54, 1.807) is 10.9 Å². The first-order valence-electron chi connectivity index (χ1n) is 9.11. The summed E-state index contributed by atoms with van der Waals surface area (Å²) in [4.78, 5) is 4.41. The van der Waals surface area contributed by atoms with Crippen molar-refractivity contribution in [2.24, 2.45) is 0 Å². The van der Waals surface area contributed by atoms with Crippen LogP contribution in [0.5, 0.6) is 0 Å². The zero-order valence-electron chi connectivity index (χ0n) is 16.9. The average Bonchev–Trinajstić information content (AvgIpc) is 3.00. The number of fused-ring (bicyclic) bond motifs is 1. The SMILES string of the molecule is CC1(C)OB(c2cnc3nnn(COCC[Si](C)(C)C)c3c2)OC1(C)C. The summed E-state index contributed by atoms with van der Waals surface area (Å²) in [6.45, 7) is 16.3. The van der Waals surface area contributed by atoms with Crippen LogP contribution in [0.4, 0.5) is 0 Å². The van der Waals surface area contributed by atoms with Crippen LogP contribution in [0, 0.1) is 0 Å². The van der Waals surface area contributed by atoms with Crippen molar-refractivity contribution in [3.05, 3.63) is 12.3 Å². The van der Waals surface area contributed by atoms with Crippen molar-refractivity contribution >= 4 is 31.8 Å². The fourth-order valence-electron chi connectivity index (χ4n) is 2.61. The molecule has 0 unspecified atom stereocenters. The van der Waals surface area contributed by atoms with Gasteiger partial charge in [-0.2, -0.15) is 0 Å². The summed E-state index contributed by atoms with van der Waals surface area (Å²) in [5, 5.41) is 8.28. The van der Waals surface area contributed by atoms with E-state index < -0.39 is 15.2 Å². The minimum absolute atomic E-state index is 0.371. The van der Waals surface area contributed by atoms with Gasteiger partial charge in [0.25, 0.3) is 0 Å². The van der Waals surface area contributed by atoms with Crippen LogP contribution in [-0.2, 0) is 20.8 Å². The monoisotopic (exact) mass is 376 g/mol. The summed E-state index contributed by atoms with van der Waals surface area (Å²) in [7, 11) is -1.55. The van der Waals surface area contributed by atoms with Gasteiger partial charge in [-0.05, 0) is 39.8 Å². The molecule has 3 heterocycles. The molecular weight excluding hydrogens is 347 g/mol. The van der Waals surface area contributed by atoms with Gasteiger partial charge in [0.2, 0.25) is 5.65 Å². The van der Waals surface area contributed by atoms with E-state index in [4.69, 9.17) is 14.0 Å². The van der Waals surface area contributed by atoms with E-state index >= 15 is 0 Å². The molecule has 1 saturated heterocycles. The molecule has 0 saturated carbocycles. The van der Waals surface area contributed by atoms with Gasteiger partial charge in [0.05, 0.1) is 11.2 Å². The maximum Gasteiger partial charge on any atom is 0.496 e. The zero-order valence-corrected chi connectivity index (χ0v) is 17.9. The molecule has 1 aliphatic heterocycles. The molecule has 2 aromatic rings. The fourth-order valence-corrected chi connectivity index (χ4v) is 3.36. The van der Waals surface area contributed by atoms with Gasteiger partial charge in [0.1, 0.15) is 12.2 Å². The van der Waals surface area contributed by atoms with Crippen LogP contribution in [0.15, 0.2) is 12.3 Å². The predicted molar refractivity (Wildman–Crippen MR) is 105 cm³/mol. The van der Waals surface area contributed by atoms with E-state index in [2.05, 4.69) is 34.9 Å². The molecule has 1 fully saturated rings. The zero-order chi connectivity index (χ0) is 19.2. The molecular formula is C17H29BN4O3Si. The molecule has 2 aromatic heterocycles. The summed E-state index contributed by atoms with van der Waals surface area (Å²) in [6.07, 6.45) is 1.75. The predicted octanol–water partition coefficient (Wildman–Crippen LogP) is 2.44. The largest absolute Gasteiger partial charge is 0.496 e. The number of aromatic nitrogens is 4. The van der Waals surface area contributed by atoms with Crippen LogP contribution in [0.1, 0.15) is 27.7 Å². The average molecular weight is 376 g/mol. The first-order valence-corrected chi connectivity index (χ1v) is 12.8. The molecule has 0 bridgehead atoms. The summed E-state index contributed by atoms with van der Waals surface area (Å²) >= 11 is 0. The highest BCUT2D eigenvalue weighted by molar-refractivity contribution is 6.76. The van der Waals surface area contributed by atoms with Crippen molar-refractivity contribution in [2.45, 2.75) is 71.3 Å². The summed E-state index contributed by atoms with van der Waals surface area (Å²) in [6, 6.07) is 3.10. The van der Waals surface area contributed by atoms with Crippen LogP contribution in [0.2, 0.25) is 25.7 Å². The van der Waals surface area contributed by atoms with Gasteiger partial charge in [-0.25, -0.2) is 9.67 Å². The Morgan fingerprint density at radius 1 is 1.15 bits per heavy atom. The Morgan fingerprint density at radius 2 is 1.81 bits per heavy atom. The lowest BCUT2D eigenvalue weighted by atomic mass is 9.80. The van der Waals surface area contributed by atoms with E-state index in [1.165, 1.54) is 0 Å². The maximum atomic E-state index is 6.11. The van der Waals surface area contributed by atoms with Crippen LogP contribution in [0.3, 0.4) is 0 Å². The van der Waals surface area contributed by atoms with Crippen LogP contribution in [-0.4, -0.2) is 53.0 Å². The quantitative estimate of drug-likeness (QED) is 0.570. The molecule has 142 valence electrons. The van der Waals surface area contributed by atoms with E-state index in [0.29, 0.717) is 12.4 Å². The summed E-state index contributed by atoms with van der Waals surface area (Å²) in [5.41, 5.74) is 1.52. The van der Waals surface area contributed by atoms with Crippen molar-refractivity contribution < 1.29 is 14.0 Å². The third-order valence-corrected chi connectivity index (χ3v) is 6.83. The minimum atomic E-state index is -1.10. The van der Waals surface area contributed by atoms with Crippen molar-refractivity contribution in [3.63, 3.8) is 0 Å². The third kappa shape index (κ3) is 4.00. The molecule has 0 spiro atoms. The van der Waals surface area contributed by atoms with Crippen molar-refractivity contribution in [2.75, 3.05) is 6.61 Å². The Kier molecular flexibility index (Phi) is 5.02. The number of hydrogen-bond donors (Lipinski definition) is 0. The lowest BCUT2D eigenvalue weighted by Crippen LogP contribution is -2.41. The van der Waals surface area contributed by atoms with Crippen LogP contribution in [0.25, 0.3) is 11.2 Å². The van der Waals surface area contributed by atoms with Crippen molar-refractivity contribution in [3.8, 4) is 0 Å². The molecule has 0 aliphatic carbocycles. The van der Waals surface area contributed by atoms with Gasteiger partial charge in [0.15, 0.2) is 0 Å². The summed E-state index contributed by atoms with van der Waals surface area (Å²) in [5.74, 6) is 0. The normalized spacial score (nSPS) is 19.4. The van der Waals surface area contributed by atoms with Crippen molar-refractivity contribution in [1.29, 1.82) is 0 Å². The Bertz CT molecular complexity index is 772. The molecule has 3 rings (SSSR count). The van der Waals surface area contributed by atoms with Gasteiger partial charge in [-0.15, -0.1) is 5.10 Å². The van der Waals surface area contributed by atoms with E-state index in [-0.39, 0.29) is 11.2 Å². The first kappa shape index (κ1) is 19.5. The highest BCUT2D eigenvalue weighted by Crippen LogP contribution is 2.36. The maximum absolute atomic E-state index is 6.11. The molecule has 0 aromatic carbocycles. The lowest BCUT2D eigenvalue weighted by Gasteiger charge is -2.32. The molecule has 0 radical (unpaired) electrons. The Labute approximate surface area is 156 Å². The van der Waals surface area contributed by atoms with Gasteiger partial charge < -0.3 is 14.0 Å². The number of rotatable bonds is 6. The van der Waals surface area contributed by atoms with Crippen LogP contribution >= 0.6 is 0 Å². The standard InChI is InChI=1S/C17H29BN4O3Si/c1-16(2)17(3,4)25-18(24-16)13-10-14-15(19-11-13)20-21-22(14)12-23-8-9-26(5,6)7/h10-11H,8-9,12H2,1-7H3. The van der Waals surface area contributed by atoms with Gasteiger partial charge in [-0.1, -0.05) is 24.9 Å². The number of ether oxygens (including phenoxy) is 1. The Morgan fingerprint density at radius 3 is 2.42 bits per heavy atom. The highest BCUT2D eigenvalue weighted by Gasteiger charge is 2.51. The molecule has 1 aliphatic rings. The highest BCUT2D eigenvalue weighted by atomic mass is 28.3. The fraction of sp³-hybridized carbons (Fsp3) is 0.706. The molecule has 7 nitrogen and oxygen atoms in total. The van der Waals surface area contributed by atoms with Gasteiger partial charge in [-0.3, -0.25) is 0 Å². The molecule has 0 atom stereocenters. The molecule has 0 amide bonds. The smallest absolute Gasteiger partial charge is 0.399 e. The molecule has 26 heavy (non-hydrogen) atoms. The second kappa shape index (κ2) is 6.70. The minimum Gasteiger partial charge on any atom is -0.399 e. The number of pyridine rings is 1. The Balaban J connectivity index is 1.74. The number of hydrogen-bond acceptors (Lipinski definition) is 6.